The van der Waals surface area contributed by atoms with Gasteiger partial charge < -0.3 is 39.4 Å². The molecule has 0 saturated carbocycles. The van der Waals surface area contributed by atoms with Crippen molar-refractivity contribution >= 4 is 37.9 Å². The van der Waals surface area contributed by atoms with E-state index in [2.05, 4.69) is 35.0 Å². The predicted octanol–water partition coefficient (Wildman–Crippen LogP) is 5.91. The van der Waals surface area contributed by atoms with Gasteiger partial charge in [-0.3, -0.25) is 0 Å². The van der Waals surface area contributed by atoms with Gasteiger partial charge in [0.2, 0.25) is 0 Å². The number of urea groups is 1. The summed E-state index contributed by atoms with van der Waals surface area (Å²) in [4.78, 5) is 41.3. The first-order valence-electron chi connectivity index (χ1n) is 16.2. The maximum absolute atomic E-state index is 14.4. The molecule has 3 rings (SSSR count). The SMILES string of the molecule is COC(=O)NCCO[C@@H](c1cc(F)cc(Cl)c1)[C@@H]1CCCN(C(=O)N[C@H](CC2CCCOC2)CN(C)C(=O)OCC[Si](C)(C)C)C1. The third-order valence-electron chi connectivity index (χ3n) is 8.32. The Kier molecular flexibility index (Phi) is 15.3. The minimum absolute atomic E-state index is 0.148. The lowest BCUT2D eigenvalue weighted by atomic mass is 9.88. The van der Waals surface area contributed by atoms with E-state index >= 15 is 0 Å². The molecule has 2 fully saturated rings. The second-order valence-electron chi connectivity index (χ2n) is 13.5. The van der Waals surface area contributed by atoms with Crippen LogP contribution in [0.5, 0.6) is 0 Å². The molecule has 2 aliphatic heterocycles. The lowest BCUT2D eigenvalue weighted by molar-refractivity contribution is -0.00896. The summed E-state index contributed by atoms with van der Waals surface area (Å²) in [5.41, 5.74) is 0.569. The van der Waals surface area contributed by atoms with Crippen LogP contribution in [0.15, 0.2) is 18.2 Å². The number of piperidine rings is 1. The van der Waals surface area contributed by atoms with Gasteiger partial charge in [-0.1, -0.05) is 31.2 Å². The topological polar surface area (TPSA) is 119 Å². The summed E-state index contributed by atoms with van der Waals surface area (Å²) >= 11 is 6.20. The van der Waals surface area contributed by atoms with E-state index in [9.17, 15) is 18.8 Å². The molecular weight excluding hydrogens is 635 g/mol. The van der Waals surface area contributed by atoms with Crippen LogP contribution in [0.25, 0.3) is 0 Å². The van der Waals surface area contributed by atoms with Gasteiger partial charge in [0, 0.05) is 71.5 Å². The number of hydrogen-bond donors (Lipinski definition) is 2. The van der Waals surface area contributed by atoms with E-state index in [1.807, 2.05) is 0 Å². The number of halogens is 2. The van der Waals surface area contributed by atoms with Gasteiger partial charge in [0.15, 0.2) is 0 Å². The maximum Gasteiger partial charge on any atom is 0.409 e. The number of alkyl carbamates (subject to hydrolysis) is 1. The predicted molar refractivity (Wildman–Crippen MR) is 177 cm³/mol. The molecule has 2 N–H and O–H groups in total. The second-order valence-corrected chi connectivity index (χ2v) is 19.6. The fourth-order valence-corrected chi connectivity index (χ4v) is 6.84. The average molecular weight is 687 g/mol. The van der Waals surface area contributed by atoms with Crippen LogP contribution < -0.4 is 10.6 Å². The monoisotopic (exact) mass is 686 g/mol. The Bertz CT molecular complexity index is 1120. The van der Waals surface area contributed by atoms with E-state index in [1.54, 1.807) is 18.0 Å². The van der Waals surface area contributed by atoms with Crippen molar-refractivity contribution in [1.29, 1.82) is 0 Å². The first-order valence-corrected chi connectivity index (χ1v) is 20.3. The summed E-state index contributed by atoms with van der Waals surface area (Å²) in [6, 6.07) is 4.66. The van der Waals surface area contributed by atoms with Crippen molar-refractivity contribution in [3.05, 3.63) is 34.6 Å². The Balaban J connectivity index is 1.68. The number of methoxy groups -OCH3 is 1. The quantitative estimate of drug-likeness (QED) is 0.185. The van der Waals surface area contributed by atoms with E-state index in [0.717, 1.165) is 38.3 Å². The number of carbonyl (C=O) groups excluding carboxylic acids is 3. The van der Waals surface area contributed by atoms with Gasteiger partial charge in [0.05, 0.1) is 26.4 Å². The number of likely N-dealkylation sites (tertiary alicyclic amines) is 1. The Morgan fingerprint density at radius 3 is 2.63 bits per heavy atom. The zero-order chi connectivity index (χ0) is 33.7. The lowest BCUT2D eigenvalue weighted by Crippen LogP contribution is -2.53. The van der Waals surface area contributed by atoms with Crippen LogP contribution in [0, 0.1) is 17.7 Å². The zero-order valence-corrected chi connectivity index (χ0v) is 29.7. The fraction of sp³-hybridized carbons (Fsp3) is 0.719. The minimum atomic E-state index is -1.35. The lowest BCUT2D eigenvalue weighted by Gasteiger charge is -2.38. The molecular formula is C32H52ClFN4O7Si. The third-order valence-corrected chi connectivity index (χ3v) is 10.2. The van der Waals surface area contributed by atoms with Crippen molar-refractivity contribution in [3.8, 4) is 0 Å². The number of likely N-dealkylation sites (N-methyl/N-ethyl adjacent to an activating group) is 1. The van der Waals surface area contributed by atoms with Crippen molar-refractivity contribution in [2.75, 3.05) is 66.8 Å². The minimum Gasteiger partial charge on any atom is -0.453 e. The molecule has 1 unspecified atom stereocenters. The van der Waals surface area contributed by atoms with Crippen molar-refractivity contribution in [3.63, 3.8) is 0 Å². The van der Waals surface area contributed by atoms with Crippen molar-refractivity contribution in [2.45, 2.75) is 69.9 Å². The molecule has 4 amide bonds. The Labute approximate surface area is 278 Å². The Morgan fingerprint density at radius 1 is 1.17 bits per heavy atom. The van der Waals surface area contributed by atoms with Gasteiger partial charge in [0.25, 0.3) is 0 Å². The highest BCUT2D eigenvalue weighted by Gasteiger charge is 2.33. The molecule has 260 valence electrons. The van der Waals surface area contributed by atoms with E-state index < -0.39 is 32.2 Å². The summed E-state index contributed by atoms with van der Waals surface area (Å²) in [5.74, 6) is -0.352. The van der Waals surface area contributed by atoms with E-state index in [-0.39, 0.29) is 42.1 Å². The molecule has 11 nitrogen and oxygen atoms in total. The zero-order valence-electron chi connectivity index (χ0n) is 27.9. The summed E-state index contributed by atoms with van der Waals surface area (Å²) in [6.07, 6.45) is 2.59. The van der Waals surface area contributed by atoms with Crippen LogP contribution in [-0.2, 0) is 18.9 Å². The van der Waals surface area contributed by atoms with Crippen LogP contribution in [0.2, 0.25) is 30.7 Å². The average Bonchev–Trinajstić information content (AvgIpc) is 3.00. The van der Waals surface area contributed by atoms with E-state index in [4.69, 9.17) is 25.8 Å². The van der Waals surface area contributed by atoms with Gasteiger partial charge in [-0.2, -0.15) is 0 Å². The summed E-state index contributed by atoms with van der Waals surface area (Å²) in [6.45, 7) is 10.1. The van der Waals surface area contributed by atoms with Crippen LogP contribution in [0.1, 0.15) is 43.8 Å². The number of benzene rings is 1. The smallest absolute Gasteiger partial charge is 0.409 e. The molecule has 0 aromatic heterocycles. The first-order chi connectivity index (χ1) is 21.8. The molecule has 0 bridgehead atoms. The molecule has 2 aliphatic rings. The van der Waals surface area contributed by atoms with Crippen LogP contribution in [-0.4, -0.2) is 109 Å². The largest absolute Gasteiger partial charge is 0.453 e. The highest BCUT2D eigenvalue weighted by molar-refractivity contribution is 6.76. The number of ether oxygens (including phenoxy) is 4. The van der Waals surface area contributed by atoms with E-state index in [0.29, 0.717) is 44.8 Å². The number of nitrogens with one attached hydrogen (secondary N) is 2. The first kappa shape index (κ1) is 37.8. The Hall–Kier alpha value is -2.61. The number of rotatable bonds is 14. The number of amides is 4. The van der Waals surface area contributed by atoms with Crippen LogP contribution in [0.4, 0.5) is 18.8 Å². The maximum atomic E-state index is 14.4. The van der Waals surface area contributed by atoms with Gasteiger partial charge in [-0.15, -0.1) is 0 Å². The van der Waals surface area contributed by atoms with Gasteiger partial charge in [0.1, 0.15) is 5.82 Å². The van der Waals surface area contributed by atoms with Crippen LogP contribution >= 0.6 is 11.6 Å². The molecule has 1 aromatic rings. The molecule has 2 saturated heterocycles. The highest BCUT2D eigenvalue weighted by atomic mass is 35.5. The number of hydrogen-bond acceptors (Lipinski definition) is 7. The fourth-order valence-electron chi connectivity index (χ4n) is 5.90. The highest BCUT2D eigenvalue weighted by Crippen LogP contribution is 2.34. The van der Waals surface area contributed by atoms with E-state index in [1.165, 1.54) is 24.1 Å². The van der Waals surface area contributed by atoms with Crippen molar-refractivity contribution in [1.82, 2.24) is 20.4 Å². The normalized spacial score (nSPS) is 19.9. The standard InChI is InChI=1S/C32H52ClFN4O7Si/c1-37(32(41)45-14-15-46(3,4)5)21-28(16-23-8-7-12-43-22-23)36-30(39)38-11-6-9-24(20-38)29(44-13-10-35-31(40)42-2)25-17-26(33)19-27(34)18-25/h17-19,23-24,28-29H,6-16,20-22H2,1-5H3,(H,35,40)(H,36,39)/t23?,24-,28-,29-/m1/s1. The second kappa shape index (κ2) is 18.7. The summed E-state index contributed by atoms with van der Waals surface area (Å²) < 4.78 is 36.4. The summed E-state index contributed by atoms with van der Waals surface area (Å²) in [7, 11) is 1.63. The molecule has 46 heavy (non-hydrogen) atoms. The molecule has 14 heteroatoms. The van der Waals surface area contributed by atoms with Crippen molar-refractivity contribution in [2.24, 2.45) is 11.8 Å². The summed E-state index contributed by atoms with van der Waals surface area (Å²) in [5, 5.41) is 6.03. The van der Waals surface area contributed by atoms with Gasteiger partial charge in [-0.25, -0.2) is 18.8 Å². The molecule has 1 aromatic carbocycles. The number of carbonyl (C=O) groups is 3. The molecule has 0 aliphatic carbocycles. The van der Waals surface area contributed by atoms with Gasteiger partial charge >= 0.3 is 18.2 Å². The molecule has 0 spiro atoms. The number of nitrogens with zero attached hydrogens (tertiary/aromatic N) is 2. The molecule has 0 radical (unpaired) electrons. The molecule has 2 heterocycles. The van der Waals surface area contributed by atoms with Gasteiger partial charge in [-0.05, 0) is 67.8 Å². The van der Waals surface area contributed by atoms with Crippen molar-refractivity contribution < 1.29 is 37.7 Å². The Morgan fingerprint density at radius 2 is 1.96 bits per heavy atom. The molecule has 4 atom stereocenters. The van der Waals surface area contributed by atoms with Crippen LogP contribution in [0.3, 0.4) is 0 Å². The third kappa shape index (κ3) is 13.2.